The van der Waals surface area contributed by atoms with E-state index in [0.29, 0.717) is 17.1 Å². The summed E-state index contributed by atoms with van der Waals surface area (Å²) in [5, 5.41) is 5.09. The van der Waals surface area contributed by atoms with E-state index < -0.39 is 11.5 Å². The summed E-state index contributed by atoms with van der Waals surface area (Å²) in [6.45, 7) is 0. The molecule has 1 aliphatic rings. The van der Waals surface area contributed by atoms with Crippen LogP contribution in [0, 0.1) is 0 Å². The fourth-order valence-corrected chi connectivity index (χ4v) is 3.43. The van der Waals surface area contributed by atoms with Crippen LogP contribution in [0.2, 0.25) is 0 Å². The van der Waals surface area contributed by atoms with Gasteiger partial charge in [-0.25, -0.2) is 0 Å². The van der Waals surface area contributed by atoms with Gasteiger partial charge in [0.1, 0.15) is 0 Å². The van der Waals surface area contributed by atoms with Gasteiger partial charge < -0.3 is 10.3 Å². The Kier molecular flexibility index (Phi) is 3.76. The number of amides is 1. The highest BCUT2D eigenvalue weighted by molar-refractivity contribution is 6.05. The number of fused-ring (bicyclic) bond motifs is 1. The molecule has 0 saturated heterocycles. The molecule has 25 heavy (non-hydrogen) atoms. The summed E-state index contributed by atoms with van der Waals surface area (Å²) in [5.74, 6) is -0.105. The quantitative estimate of drug-likeness (QED) is 0.683. The van der Waals surface area contributed by atoms with Crippen LogP contribution in [0.1, 0.15) is 47.7 Å². The van der Waals surface area contributed by atoms with Gasteiger partial charge in [-0.3, -0.25) is 19.5 Å². The number of aromatic nitrogens is 3. The summed E-state index contributed by atoms with van der Waals surface area (Å²) in [6.07, 6.45) is 4.31. The largest absolute Gasteiger partial charge is 0.341 e. The van der Waals surface area contributed by atoms with Crippen LogP contribution in [0.3, 0.4) is 0 Å². The Morgan fingerprint density at radius 2 is 1.84 bits per heavy atom. The maximum Gasteiger partial charge on any atom is 0.290 e. The number of nitrogens with zero attached hydrogens (tertiary/aromatic N) is 1. The third-order valence-corrected chi connectivity index (χ3v) is 4.73. The molecule has 4 rings (SSSR count). The number of nitrogens with one attached hydrogen (secondary N) is 3. The molecule has 128 valence electrons. The molecular weight excluding hydrogens is 320 g/mol. The van der Waals surface area contributed by atoms with E-state index in [1.54, 1.807) is 24.3 Å². The number of hydrogen-bond donors (Lipinski definition) is 3. The van der Waals surface area contributed by atoms with E-state index in [0.717, 1.165) is 35.9 Å². The maximum absolute atomic E-state index is 12.4. The van der Waals surface area contributed by atoms with Gasteiger partial charge in [0.15, 0.2) is 11.3 Å². The molecule has 0 atom stereocenters. The van der Waals surface area contributed by atoms with E-state index >= 15 is 0 Å². The van der Waals surface area contributed by atoms with Gasteiger partial charge in [-0.2, -0.15) is 4.52 Å². The average molecular weight is 338 g/mol. The lowest BCUT2D eigenvalue weighted by molar-refractivity contribution is 0.102. The predicted molar refractivity (Wildman–Crippen MR) is 94.2 cm³/mol. The lowest BCUT2D eigenvalue weighted by atomic mass is 10.0. The van der Waals surface area contributed by atoms with Crippen molar-refractivity contribution >= 4 is 17.2 Å². The van der Waals surface area contributed by atoms with Crippen LogP contribution in [0.4, 0.5) is 5.69 Å². The summed E-state index contributed by atoms with van der Waals surface area (Å²) in [4.78, 5) is 40.1. The lowest BCUT2D eigenvalue weighted by Gasteiger charge is -2.10. The Balaban J connectivity index is 1.78. The Morgan fingerprint density at radius 1 is 1.12 bits per heavy atom. The van der Waals surface area contributed by atoms with Crippen LogP contribution in [-0.2, 0) is 0 Å². The number of carbonyl (C=O) groups is 1. The van der Waals surface area contributed by atoms with E-state index in [-0.39, 0.29) is 11.2 Å². The SMILES string of the molecule is O=C(Nc1c(=O)[nH]n2c(=O)cc(C3CCCC3)[nH]c12)c1ccccc1. The fourth-order valence-electron chi connectivity index (χ4n) is 3.43. The van der Waals surface area contributed by atoms with Gasteiger partial charge in [-0.15, -0.1) is 0 Å². The van der Waals surface area contributed by atoms with E-state index in [1.807, 2.05) is 6.07 Å². The molecule has 7 heteroatoms. The van der Waals surface area contributed by atoms with Crippen LogP contribution in [0.25, 0.3) is 5.65 Å². The third-order valence-electron chi connectivity index (χ3n) is 4.73. The zero-order chi connectivity index (χ0) is 17.4. The van der Waals surface area contributed by atoms with Gasteiger partial charge in [0.25, 0.3) is 17.0 Å². The van der Waals surface area contributed by atoms with E-state index in [1.165, 1.54) is 6.07 Å². The second-order valence-electron chi connectivity index (χ2n) is 6.36. The molecule has 3 N–H and O–H groups in total. The molecule has 1 amide bonds. The van der Waals surface area contributed by atoms with Crippen LogP contribution in [0.5, 0.6) is 0 Å². The highest BCUT2D eigenvalue weighted by Gasteiger charge is 2.21. The van der Waals surface area contributed by atoms with Crippen molar-refractivity contribution in [1.82, 2.24) is 14.6 Å². The van der Waals surface area contributed by atoms with Gasteiger partial charge in [-0.05, 0) is 30.9 Å². The van der Waals surface area contributed by atoms with Crippen molar-refractivity contribution in [1.29, 1.82) is 0 Å². The number of rotatable bonds is 3. The Hall–Kier alpha value is -3.09. The smallest absolute Gasteiger partial charge is 0.290 e. The predicted octanol–water partition coefficient (Wildman–Crippen LogP) is 2.23. The number of carbonyl (C=O) groups excluding carboxylic acids is 1. The van der Waals surface area contributed by atoms with Crippen molar-refractivity contribution in [3.8, 4) is 0 Å². The van der Waals surface area contributed by atoms with Crippen molar-refractivity contribution in [2.45, 2.75) is 31.6 Å². The number of hydrogen-bond acceptors (Lipinski definition) is 3. The standard InChI is InChI=1S/C18H18N4O3/c23-14-10-13(11-6-4-5-7-11)19-16-15(18(25)21-22(14)16)20-17(24)12-8-2-1-3-9-12/h1-3,8-11,19H,4-7H2,(H,20,24)(H,21,25). The lowest BCUT2D eigenvalue weighted by Crippen LogP contribution is -2.17. The topological polar surface area (TPSA) is 99.2 Å². The van der Waals surface area contributed by atoms with Crippen molar-refractivity contribution in [3.05, 3.63) is 68.4 Å². The second kappa shape index (κ2) is 6.08. The molecule has 3 aromatic rings. The molecule has 0 bridgehead atoms. The summed E-state index contributed by atoms with van der Waals surface area (Å²) < 4.78 is 1.14. The van der Waals surface area contributed by atoms with Crippen molar-refractivity contribution < 1.29 is 4.79 Å². The van der Waals surface area contributed by atoms with Crippen LogP contribution in [0.15, 0.2) is 46.0 Å². The molecule has 0 radical (unpaired) electrons. The zero-order valence-electron chi connectivity index (χ0n) is 13.5. The van der Waals surface area contributed by atoms with Gasteiger partial charge in [0, 0.05) is 17.3 Å². The van der Waals surface area contributed by atoms with Gasteiger partial charge in [0.05, 0.1) is 0 Å². The Morgan fingerprint density at radius 3 is 2.56 bits per heavy atom. The number of aromatic amines is 2. The molecule has 2 aromatic heterocycles. The molecule has 2 heterocycles. The Bertz CT molecular complexity index is 1040. The summed E-state index contributed by atoms with van der Waals surface area (Å²) in [6, 6.07) is 10.2. The van der Waals surface area contributed by atoms with E-state index in [4.69, 9.17) is 0 Å². The molecule has 7 nitrogen and oxygen atoms in total. The number of benzene rings is 1. The van der Waals surface area contributed by atoms with Gasteiger partial charge >= 0.3 is 0 Å². The average Bonchev–Trinajstić information content (AvgIpc) is 3.25. The van der Waals surface area contributed by atoms with Gasteiger partial charge in [-0.1, -0.05) is 31.0 Å². The third kappa shape index (κ3) is 2.77. The van der Waals surface area contributed by atoms with Crippen LogP contribution in [-0.4, -0.2) is 20.5 Å². The van der Waals surface area contributed by atoms with Crippen LogP contribution >= 0.6 is 0 Å². The first kappa shape index (κ1) is 15.4. The molecule has 1 saturated carbocycles. The highest BCUT2D eigenvalue weighted by atomic mass is 16.2. The van der Waals surface area contributed by atoms with Gasteiger partial charge in [0.2, 0.25) is 0 Å². The molecular formula is C18H18N4O3. The fraction of sp³-hybridized carbons (Fsp3) is 0.278. The first-order valence-electron chi connectivity index (χ1n) is 8.38. The second-order valence-corrected chi connectivity index (χ2v) is 6.36. The first-order valence-corrected chi connectivity index (χ1v) is 8.38. The summed E-state index contributed by atoms with van der Waals surface area (Å²) in [5.41, 5.74) is 0.788. The van der Waals surface area contributed by atoms with Crippen molar-refractivity contribution in [2.24, 2.45) is 0 Å². The summed E-state index contributed by atoms with van der Waals surface area (Å²) in [7, 11) is 0. The van der Waals surface area contributed by atoms with E-state index in [9.17, 15) is 14.4 Å². The molecule has 0 unspecified atom stereocenters. The minimum atomic E-state index is -0.513. The summed E-state index contributed by atoms with van der Waals surface area (Å²) >= 11 is 0. The minimum absolute atomic E-state index is 0.0609. The molecule has 0 aliphatic heterocycles. The van der Waals surface area contributed by atoms with E-state index in [2.05, 4.69) is 15.4 Å². The van der Waals surface area contributed by atoms with Crippen LogP contribution < -0.4 is 16.4 Å². The zero-order valence-corrected chi connectivity index (χ0v) is 13.5. The van der Waals surface area contributed by atoms with Crippen molar-refractivity contribution in [3.63, 3.8) is 0 Å². The molecule has 0 spiro atoms. The minimum Gasteiger partial charge on any atom is -0.341 e. The number of anilines is 1. The maximum atomic E-state index is 12.4. The normalized spacial score (nSPS) is 14.9. The Labute approximate surface area is 142 Å². The van der Waals surface area contributed by atoms with Crippen molar-refractivity contribution in [2.75, 3.05) is 5.32 Å². The number of H-pyrrole nitrogens is 2. The highest BCUT2D eigenvalue weighted by Crippen LogP contribution is 2.32. The first-order chi connectivity index (χ1) is 12.1. The molecule has 1 aliphatic carbocycles. The monoisotopic (exact) mass is 338 g/mol. The molecule has 1 aromatic carbocycles. The molecule has 1 fully saturated rings.